The van der Waals surface area contributed by atoms with Crippen LogP contribution in [-0.2, 0) is 4.79 Å². The largest absolute Gasteiger partial charge is 0.481 e. The van der Waals surface area contributed by atoms with Crippen LogP contribution >= 0.6 is 0 Å². The molecule has 2 rings (SSSR count). The normalized spacial score (nSPS) is 21.4. The summed E-state index contributed by atoms with van der Waals surface area (Å²) in [6.07, 6.45) is 2.60. The van der Waals surface area contributed by atoms with Gasteiger partial charge in [-0.15, -0.1) is 10.2 Å². The first-order valence-electron chi connectivity index (χ1n) is 6.64. The molecule has 1 aromatic rings. The number of hydrogen-bond acceptors (Lipinski definition) is 5. The zero-order valence-corrected chi connectivity index (χ0v) is 11.3. The lowest BCUT2D eigenvalue weighted by atomic mass is 9.96. The number of aromatic nitrogens is 2. The first-order chi connectivity index (χ1) is 9.61. The lowest BCUT2D eigenvalue weighted by Crippen LogP contribution is -2.25. The molecule has 1 amide bonds. The maximum absolute atomic E-state index is 11.3. The van der Waals surface area contributed by atoms with E-state index in [1.54, 1.807) is 12.1 Å². The van der Waals surface area contributed by atoms with Crippen LogP contribution in [-0.4, -0.2) is 40.8 Å². The smallest absolute Gasteiger partial charge is 0.306 e. The molecule has 1 fully saturated rings. The molecular formula is C13H18N4O3. The molecule has 0 saturated heterocycles. The van der Waals surface area contributed by atoms with Gasteiger partial charge >= 0.3 is 5.97 Å². The van der Waals surface area contributed by atoms with Crippen molar-refractivity contribution in [3.05, 3.63) is 17.8 Å². The molecule has 0 spiro atoms. The molecule has 0 aromatic carbocycles. The maximum Gasteiger partial charge on any atom is 0.306 e. The van der Waals surface area contributed by atoms with Gasteiger partial charge in [0.05, 0.1) is 5.92 Å². The zero-order chi connectivity index (χ0) is 14.5. The fraction of sp³-hybridized carbons (Fsp3) is 0.538. The highest BCUT2D eigenvalue weighted by atomic mass is 16.4. The summed E-state index contributed by atoms with van der Waals surface area (Å²) >= 11 is 0. The van der Waals surface area contributed by atoms with Crippen molar-refractivity contribution in [2.75, 3.05) is 18.9 Å². The molecule has 20 heavy (non-hydrogen) atoms. The van der Waals surface area contributed by atoms with Crippen molar-refractivity contribution >= 4 is 17.7 Å². The van der Waals surface area contributed by atoms with E-state index in [4.69, 9.17) is 5.11 Å². The molecule has 108 valence electrons. The number of carboxylic acid groups (broad SMARTS) is 1. The maximum atomic E-state index is 11.3. The van der Waals surface area contributed by atoms with Crippen molar-refractivity contribution in [1.82, 2.24) is 15.5 Å². The van der Waals surface area contributed by atoms with Crippen molar-refractivity contribution in [3.63, 3.8) is 0 Å². The zero-order valence-electron chi connectivity index (χ0n) is 11.3. The summed E-state index contributed by atoms with van der Waals surface area (Å²) in [6.45, 7) is 0.560. The highest BCUT2D eigenvalue weighted by molar-refractivity contribution is 5.91. The second kappa shape index (κ2) is 6.31. The summed E-state index contributed by atoms with van der Waals surface area (Å²) in [7, 11) is 1.53. The third kappa shape index (κ3) is 3.23. The fourth-order valence-electron chi connectivity index (χ4n) is 2.52. The van der Waals surface area contributed by atoms with Gasteiger partial charge in [-0.2, -0.15) is 0 Å². The molecule has 0 aliphatic heterocycles. The standard InChI is InChI=1S/C13H18N4O3/c1-14-12(18)10-5-6-11(17-16-10)15-7-8-3-2-4-9(8)13(19)20/h5-6,8-9H,2-4,7H2,1H3,(H,14,18)(H,15,17)(H,19,20). The second-order valence-electron chi connectivity index (χ2n) is 4.90. The van der Waals surface area contributed by atoms with E-state index < -0.39 is 5.97 Å². The number of anilines is 1. The molecule has 2 unspecified atom stereocenters. The van der Waals surface area contributed by atoms with Gasteiger partial charge in [0.1, 0.15) is 5.82 Å². The number of nitrogens with zero attached hydrogens (tertiary/aromatic N) is 2. The van der Waals surface area contributed by atoms with E-state index in [1.807, 2.05) is 0 Å². The molecule has 7 nitrogen and oxygen atoms in total. The van der Waals surface area contributed by atoms with Crippen molar-refractivity contribution in [2.45, 2.75) is 19.3 Å². The Morgan fingerprint density at radius 1 is 1.35 bits per heavy atom. The Morgan fingerprint density at radius 3 is 2.75 bits per heavy atom. The molecule has 1 aliphatic rings. The summed E-state index contributed by atoms with van der Waals surface area (Å²) < 4.78 is 0. The van der Waals surface area contributed by atoms with Gasteiger partial charge in [-0.25, -0.2) is 0 Å². The van der Waals surface area contributed by atoms with E-state index in [2.05, 4.69) is 20.8 Å². The Labute approximate surface area is 116 Å². The van der Waals surface area contributed by atoms with Gasteiger partial charge < -0.3 is 15.7 Å². The number of hydrogen-bond donors (Lipinski definition) is 3. The van der Waals surface area contributed by atoms with Crippen LogP contribution in [0, 0.1) is 11.8 Å². The molecule has 1 heterocycles. The Hall–Kier alpha value is -2.18. The van der Waals surface area contributed by atoms with Gasteiger partial charge in [-0.3, -0.25) is 9.59 Å². The average Bonchev–Trinajstić information content (AvgIpc) is 2.93. The number of carboxylic acids is 1. The second-order valence-corrected chi connectivity index (χ2v) is 4.90. The Bertz CT molecular complexity index is 489. The summed E-state index contributed by atoms with van der Waals surface area (Å²) in [6, 6.07) is 3.25. The Balaban J connectivity index is 1.91. The lowest BCUT2D eigenvalue weighted by Gasteiger charge is -2.16. The van der Waals surface area contributed by atoms with E-state index in [9.17, 15) is 9.59 Å². The van der Waals surface area contributed by atoms with Crippen molar-refractivity contribution in [1.29, 1.82) is 0 Å². The number of carbonyl (C=O) groups excluding carboxylic acids is 1. The van der Waals surface area contributed by atoms with Crippen LogP contribution in [0.5, 0.6) is 0 Å². The van der Waals surface area contributed by atoms with Crippen molar-refractivity contribution < 1.29 is 14.7 Å². The van der Waals surface area contributed by atoms with Crippen molar-refractivity contribution in [2.24, 2.45) is 11.8 Å². The lowest BCUT2D eigenvalue weighted by molar-refractivity contribution is -0.142. The minimum atomic E-state index is -0.727. The SMILES string of the molecule is CNC(=O)c1ccc(NCC2CCCC2C(=O)O)nn1. The summed E-state index contributed by atoms with van der Waals surface area (Å²) in [5, 5.41) is 22.4. The first kappa shape index (κ1) is 14.2. The molecule has 7 heteroatoms. The molecular weight excluding hydrogens is 260 g/mol. The predicted octanol–water partition coefficient (Wildman–Crippen LogP) is 0.749. The van der Waals surface area contributed by atoms with E-state index in [0.29, 0.717) is 12.4 Å². The third-order valence-electron chi connectivity index (χ3n) is 3.65. The van der Waals surface area contributed by atoms with E-state index in [0.717, 1.165) is 19.3 Å². The van der Waals surface area contributed by atoms with Crippen LogP contribution < -0.4 is 10.6 Å². The molecule has 1 aliphatic carbocycles. The molecule has 1 saturated carbocycles. The van der Waals surface area contributed by atoms with E-state index in [-0.39, 0.29) is 23.4 Å². The van der Waals surface area contributed by atoms with Gasteiger partial charge in [0.15, 0.2) is 5.69 Å². The molecule has 2 atom stereocenters. The van der Waals surface area contributed by atoms with Crippen LogP contribution in [0.4, 0.5) is 5.82 Å². The summed E-state index contributed by atoms with van der Waals surface area (Å²) in [4.78, 5) is 22.4. The van der Waals surface area contributed by atoms with Crippen LogP contribution in [0.2, 0.25) is 0 Å². The Kier molecular flexibility index (Phi) is 4.49. The van der Waals surface area contributed by atoms with E-state index >= 15 is 0 Å². The molecule has 1 aromatic heterocycles. The average molecular weight is 278 g/mol. The van der Waals surface area contributed by atoms with Crippen LogP contribution in [0.3, 0.4) is 0 Å². The van der Waals surface area contributed by atoms with E-state index in [1.165, 1.54) is 7.05 Å². The molecule has 0 bridgehead atoms. The minimum Gasteiger partial charge on any atom is -0.481 e. The third-order valence-corrected chi connectivity index (χ3v) is 3.65. The first-order valence-corrected chi connectivity index (χ1v) is 6.64. The fourth-order valence-corrected chi connectivity index (χ4v) is 2.52. The van der Waals surface area contributed by atoms with Gasteiger partial charge in [-0.1, -0.05) is 6.42 Å². The van der Waals surface area contributed by atoms with Gasteiger partial charge in [0, 0.05) is 13.6 Å². The van der Waals surface area contributed by atoms with Gasteiger partial charge in [0.25, 0.3) is 5.91 Å². The molecule has 0 radical (unpaired) electrons. The minimum absolute atomic E-state index is 0.118. The quantitative estimate of drug-likeness (QED) is 0.734. The summed E-state index contributed by atoms with van der Waals surface area (Å²) in [5.41, 5.74) is 0.252. The highest BCUT2D eigenvalue weighted by Crippen LogP contribution is 2.31. The van der Waals surface area contributed by atoms with Gasteiger partial charge in [-0.05, 0) is 30.9 Å². The number of rotatable bonds is 5. The monoisotopic (exact) mass is 278 g/mol. The number of aliphatic carboxylic acids is 1. The molecule has 3 N–H and O–H groups in total. The predicted molar refractivity (Wildman–Crippen MR) is 72.4 cm³/mol. The van der Waals surface area contributed by atoms with Crippen LogP contribution in [0.15, 0.2) is 12.1 Å². The van der Waals surface area contributed by atoms with Crippen LogP contribution in [0.1, 0.15) is 29.8 Å². The highest BCUT2D eigenvalue weighted by Gasteiger charge is 2.32. The number of amides is 1. The van der Waals surface area contributed by atoms with Crippen LogP contribution in [0.25, 0.3) is 0 Å². The number of carbonyl (C=O) groups is 2. The van der Waals surface area contributed by atoms with Crippen molar-refractivity contribution in [3.8, 4) is 0 Å². The topological polar surface area (TPSA) is 104 Å². The summed E-state index contributed by atoms with van der Waals surface area (Å²) in [5.74, 6) is -0.622. The Morgan fingerprint density at radius 2 is 2.15 bits per heavy atom. The number of nitrogens with one attached hydrogen (secondary N) is 2. The van der Waals surface area contributed by atoms with Gasteiger partial charge in [0.2, 0.25) is 0 Å².